The van der Waals surface area contributed by atoms with Crippen LogP contribution in [0.1, 0.15) is 20.8 Å². The SMILES string of the molecule is CC(C)(C)C(=O)Cn1c(=O)c2ccc(F)cc2c2c(O)nccc21. The van der Waals surface area contributed by atoms with Gasteiger partial charge in [0.2, 0.25) is 5.88 Å². The Balaban J connectivity index is 2.43. The van der Waals surface area contributed by atoms with Gasteiger partial charge in [-0.2, -0.15) is 0 Å². The fourth-order valence-electron chi connectivity index (χ4n) is 2.63. The molecule has 3 aromatic rings. The number of nitrogens with zero attached hydrogens (tertiary/aromatic N) is 2. The fourth-order valence-corrected chi connectivity index (χ4v) is 2.63. The molecular weight excluding hydrogens is 311 g/mol. The smallest absolute Gasteiger partial charge is 0.259 e. The molecule has 0 radical (unpaired) electrons. The first-order valence-corrected chi connectivity index (χ1v) is 7.53. The quantitative estimate of drug-likeness (QED) is 0.734. The Morgan fingerprint density at radius 1 is 1.25 bits per heavy atom. The highest BCUT2D eigenvalue weighted by Gasteiger charge is 2.24. The molecule has 1 aromatic carbocycles. The zero-order chi connectivity index (χ0) is 17.6. The molecule has 0 fully saturated rings. The van der Waals surface area contributed by atoms with Crippen LogP contribution in [-0.2, 0) is 11.3 Å². The van der Waals surface area contributed by atoms with Crippen LogP contribution in [0.25, 0.3) is 21.7 Å². The van der Waals surface area contributed by atoms with Gasteiger partial charge in [0.15, 0.2) is 5.78 Å². The number of carbonyl (C=O) groups excluding carboxylic acids is 1. The number of aromatic hydroxyl groups is 1. The number of ketones is 1. The Morgan fingerprint density at radius 2 is 1.96 bits per heavy atom. The summed E-state index contributed by atoms with van der Waals surface area (Å²) >= 11 is 0. The molecule has 0 atom stereocenters. The van der Waals surface area contributed by atoms with Crippen molar-refractivity contribution in [1.29, 1.82) is 0 Å². The lowest BCUT2D eigenvalue weighted by Crippen LogP contribution is -2.31. The summed E-state index contributed by atoms with van der Waals surface area (Å²) < 4.78 is 14.9. The summed E-state index contributed by atoms with van der Waals surface area (Å²) in [4.78, 5) is 29.0. The van der Waals surface area contributed by atoms with Crippen LogP contribution in [0.15, 0.2) is 35.3 Å². The lowest BCUT2D eigenvalue weighted by atomic mass is 9.90. The maximum Gasteiger partial charge on any atom is 0.259 e. The standard InChI is InChI=1S/C18H17FN2O3/c1-18(2,3)14(22)9-21-13-6-7-20-16(23)15(13)12-8-10(19)4-5-11(12)17(21)24/h4-8H,9H2,1-3H3,(H,20,23). The molecule has 24 heavy (non-hydrogen) atoms. The van der Waals surface area contributed by atoms with Gasteiger partial charge in [-0.15, -0.1) is 0 Å². The monoisotopic (exact) mass is 328 g/mol. The van der Waals surface area contributed by atoms with Crippen molar-refractivity contribution in [1.82, 2.24) is 9.55 Å². The maximum absolute atomic E-state index is 13.6. The summed E-state index contributed by atoms with van der Waals surface area (Å²) in [6, 6.07) is 5.27. The second kappa shape index (κ2) is 5.40. The molecule has 1 N–H and O–H groups in total. The molecule has 0 saturated heterocycles. The summed E-state index contributed by atoms with van der Waals surface area (Å²) in [6.45, 7) is 5.20. The van der Waals surface area contributed by atoms with Crippen molar-refractivity contribution in [2.24, 2.45) is 5.41 Å². The van der Waals surface area contributed by atoms with Crippen LogP contribution < -0.4 is 5.56 Å². The number of rotatable bonds is 2. The van der Waals surface area contributed by atoms with Crippen LogP contribution in [0.5, 0.6) is 5.88 Å². The maximum atomic E-state index is 13.6. The predicted octanol–water partition coefficient (Wildman–Crippen LogP) is 3.01. The minimum absolute atomic E-state index is 0.122. The van der Waals surface area contributed by atoms with E-state index in [1.54, 1.807) is 20.8 Å². The molecule has 0 aliphatic rings. The highest BCUT2D eigenvalue weighted by Crippen LogP contribution is 2.29. The van der Waals surface area contributed by atoms with Gasteiger partial charge < -0.3 is 9.67 Å². The van der Waals surface area contributed by atoms with Crippen LogP contribution in [0.2, 0.25) is 0 Å². The van der Waals surface area contributed by atoms with Crippen LogP contribution in [0.4, 0.5) is 4.39 Å². The molecule has 0 amide bonds. The number of carbonyl (C=O) groups is 1. The van der Waals surface area contributed by atoms with Gasteiger partial charge in [-0.05, 0) is 24.3 Å². The van der Waals surface area contributed by atoms with E-state index in [0.29, 0.717) is 5.52 Å². The third-order valence-electron chi connectivity index (χ3n) is 4.06. The minimum Gasteiger partial charge on any atom is -0.493 e. The van der Waals surface area contributed by atoms with E-state index in [9.17, 15) is 19.1 Å². The number of fused-ring (bicyclic) bond motifs is 3. The second-order valence-corrected chi connectivity index (χ2v) is 6.78. The third kappa shape index (κ3) is 2.54. The van der Waals surface area contributed by atoms with Crippen molar-refractivity contribution >= 4 is 27.5 Å². The van der Waals surface area contributed by atoms with Gasteiger partial charge in [-0.3, -0.25) is 9.59 Å². The highest BCUT2D eigenvalue weighted by atomic mass is 19.1. The molecule has 0 unspecified atom stereocenters. The molecule has 3 rings (SSSR count). The van der Waals surface area contributed by atoms with Crippen LogP contribution in [0, 0.1) is 11.2 Å². The first-order valence-electron chi connectivity index (χ1n) is 7.53. The number of Topliss-reactive ketones (excluding diaryl/α,β-unsaturated/α-hetero) is 1. The molecule has 2 heterocycles. The Kier molecular flexibility index (Phi) is 3.63. The van der Waals surface area contributed by atoms with Gasteiger partial charge in [-0.1, -0.05) is 20.8 Å². The Morgan fingerprint density at radius 3 is 2.62 bits per heavy atom. The van der Waals surface area contributed by atoms with E-state index in [4.69, 9.17) is 0 Å². The van der Waals surface area contributed by atoms with Crippen molar-refractivity contribution < 1.29 is 14.3 Å². The average Bonchev–Trinajstić information content (AvgIpc) is 2.49. The molecule has 0 bridgehead atoms. The molecule has 124 valence electrons. The lowest BCUT2D eigenvalue weighted by molar-refractivity contribution is -0.126. The van der Waals surface area contributed by atoms with E-state index in [0.717, 1.165) is 0 Å². The third-order valence-corrected chi connectivity index (χ3v) is 4.06. The first kappa shape index (κ1) is 16.1. The average molecular weight is 328 g/mol. The van der Waals surface area contributed by atoms with E-state index >= 15 is 0 Å². The summed E-state index contributed by atoms with van der Waals surface area (Å²) in [5.41, 5.74) is -0.664. The van der Waals surface area contributed by atoms with Gasteiger partial charge in [0.25, 0.3) is 5.56 Å². The largest absolute Gasteiger partial charge is 0.493 e. The Hall–Kier alpha value is -2.76. The van der Waals surface area contributed by atoms with E-state index < -0.39 is 16.8 Å². The Labute approximate surface area is 137 Å². The number of hydrogen-bond acceptors (Lipinski definition) is 4. The number of hydrogen-bond donors (Lipinski definition) is 1. The van der Waals surface area contributed by atoms with Crippen LogP contribution in [0.3, 0.4) is 0 Å². The molecule has 2 aromatic heterocycles. The molecule has 6 heteroatoms. The van der Waals surface area contributed by atoms with E-state index in [-0.39, 0.29) is 34.4 Å². The summed E-state index contributed by atoms with van der Waals surface area (Å²) in [7, 11) is 0. The van der Waals surface area contributed by atoms with Crippen molar-refractivity contribution in [3.63, 3.8) is 0 Å². The highest BCUT2D eigenvalue weighted by molar-refractivity contribution is 6.08. The summed E-state index contributed by atoms with van der Waals surface area (Å²) in [5.74, 6) is -0.946. The minimum atomic E-state index is -0.613. The van der Waals surface area contributed by atoms with Crippen molar-refractivity contribution in [3.05, 3.63) is 46.6 Å². The van der Waals surface area contributed by atoms with E-state index in [2.05, 4.69) is 4.98 Å². The number of aromatic nitrogens is 2. The second-order valence-electron chi connectivity index (χ2n) is 6.78. The summed E-state index contributed by atoms with van der Waals surface area (Å²) in [5, 5.41) is 10.9. The number of pyridine rings is 2. The molecular formula is C18H17FN2O3. The first-order chi connectivity index (χ1) is 11.2. The van der Waals surface area contributed by atoms with Crippen molar-refractivity contribution in [3.8, 4) is 5.88 Å². The van der Waals surface area contributed by atoms with Gasteiger partial charge >= 0.3 is 0 Å². The zero-order valence-electron chi connectivity index (χ0n) is 13.6. The Bertz CT molecular complexity index is 1030. The van der Waals surface area contributed by atoms with Gasteiger partial charge in [0, 0.05) is 22.4 Å². The lowest BCUT2D eigenvalue weighted by Gasteiger charge is -2.19. The molecule has 0 aliphatic carbocycles. The number of benzene rings is 1. The van der Waals surface area contributed by atoms with Gasteiger partial charge in [0.05, 0.1) is 17.4 Å². The van der Waals surface area contributed by atoms with E-state index in [1.165, 1.54) is 35.0 Å². The van der Waals surface area contributed by atoms with Gasteiger partial charge in [-0.25, -0.2) is 9.37 Å². The van der Waals surface area contributed by atoms with Gasteiger partial charge in [0.1, 0.15) is 5.82 Å². The summed E-state index contributed by atoms with van der Waals surface area (Å²) in [6.07, 6.45) is 1.35. The predicted molar refractivity (Wildman–Crippen MR) is 89.6 cm³/mol. The van der Waals surface area contributed by atoms with E-state index in [1.807, 2.05) is 0 Å². The normalized spacial score (nSPS) is 12.0. The fraction of sp³-hybridized carbons (Fsp3) is 0.278. The van der Waals surface area contributed by atoms with Crippen molar-refractivity contribution in [2.45, 2.75) is 27.3 Å². The molecule has 0 spiro atoms. The molecule has 0 aliphatic heterocycles. The van der Waals surface area contributed by atoms with Crippen LogP contribution in [-0.4, -0.2) is 20.4 Å². The zero-order valence-corrected chi connectivity index (χ0v) is 13.6. The molecule has 5 nitrogen and oxygen atoms in total. The van der Waals surface area contributed by atoms with Crippen LogP contribution >= 0.6 is 0 Å². The van der Waals surface area contributed by atoms with Crippen molar-refractivity contribution in [2.75, 3.05) is 0 Å². The topological polar surface area (TPSA) is 72.2 Å². The molecule has 0 saturated carbocycles. The number of halogens is 1.